The lowest BCUT2D eigenvalue weighted by Crippen LogP contribution is -2.25. The number of thioether (sulfide) groups is 1. The molecule has 0 aromatic heterocycles. The zero-order valence-electron chi connectivity index (χ0n) is 14.0. The van der Waals surface area contributed by atoms with Gasteiger partial charge in [0.25, 0.3) is 5.91 Å². The average molecular weight is 360 g/mol. The van der Waals surface area contributed by atoms with E-state index in [2.05, 4.69) is 10.6 Å². The van der Waals surface area contributed by atoms with Gasteiger partial charge in [-0.3, -0.25) is 9.59 Å². The third kappa shape index (κ3) is 6.97. The van der Waals surface area contributed by atoms with E-state index in [9.17, 15) is 14.0 Å². The van der Waals surface area contributed by atoms with Gasteiger partial charge in [0.05, 0.1) is 0 Å². The number of hydrogen-bond donors (Lipinski definition) is 2. The van der Waals surface area contributed by atoms with Crippen molar-refractivity contribution < 1.29 is 14.0 Å². The van der Waals surface area contributed by atoms with Gasteiger partial charge < -0.3 is 10.6 Å². The van der Waals surface area contributed by atoms with Crippen LogP contribution in [0.25, 0.3) is 0 Å². The van der Waals surface area contributed by atoms with Gasteiger partial charge in [-0.05, 0) is 54.1 Å². The second-order valence-electron chi connectivity index (χ2n) is 5.52. The first-order chi connectivity index (χ1) is 12.0. The summed E-state index contributed by atoms with van der Waals surface area (Å²) in [5, 5.41) is 5.59. The molecule has 0 fully saturated rings. The van der Waals surface area contributed by atoms with E-state index in [4.69, 9.17) is 0 Å². The van der Waals surface area contributed by atoms with Crippen molar-refractivity contribution >= 4 is 23.6 Å². The van der Waals surface area contributed by atoms with Crippen molar-refractivity contribution in [2.75, 3.05) is 12.3 Å². The minimum Gasteiger partial charge on any atom is -0.352 e. The lowest BCUT2D eigenvalue weighted by Gasteiger charge is -2.07. The van der Waals surface area contributed by atoms with Crippen LogP contribution in [0.2, 0.25) is 0 Å². The molecule has 132 valence electrons. The van der Waals surface area contributed by atoms with Crippen LogP contribution in [0.3, 0.4) is 0 Å². The molecule has 0 saturated carbocycles. The van der Waals surface area contributed by atoms with E-state index < -0.39 is 0 Å². The summed E-state index contributed by atoms with van der Waals surface area (Å²) < 4.78 is 12.8. The summed E-state index contributed by atoms with van der Waals surface area (Å²) in [6, 6.07) is 13.5. The Morgan fingerprint density at radius 2 is 1.68 bits per heavy atom. The summed E-state index contributed by atoms with van der Waals surface area (Å²) in [6.07, 6.45) is 0.828. The maximum atomic E-state index is 12.8. The van der Waals surface area contributed by atoms with Gasteiger partial charge in [0.15, 0.2) is 0 Å². The van der Waals surface area contributed by atoms with Gasteiger partial charge >= 0.3 is 0 Å². The van der Waals surface area contributed by atoms with E-state index in [0.29, 0.717) is 18.7 Å². The number of rotatable bonds is 8. The Morgan fingerprint density at radius 3 is 2.32 bits per heavy atom. The second-order valence-corrected chi connectivity index (χ2v) is 6.69. The normalized spacial score (nSPS) is 10.3. The van der Waals surface area contributed by atoms with Crippen LogP contribution in [0, 0.1) is 5.82 Å². The van der Waals surface area contributed by atoms with Crippen LogP contribution in [0.1, 0.15) is 29.3 Å². The Bertz CT molecular complexity index is 702. The fraction of sp³-hybridized carbons (Fsp3) is 0.263. The lowest BCUT2D eigenvalue weighted by molar-refractivity contribution is -0.119. The lowest BCUT2D eigenvalue weighted by atomic mass is 10.1. The SMILES string of the molecule is CC(=O)NCc1ccc(C(=O)NCCCSc2ccc(F)cc2)cc1. The minimum atomic E-state index is -0.236. The summed E-state index contributed by atoms with van der Waals surface area (Å²) in [7, 11) is 0. The molecule has 0 unspecified atom stereocenters. The van der Waals surface area contributed by atoms with Gasteiger partial charge in [-0.25, -0.2) is 4.39 Å². The molecule has 2 aromatic carbocycles. The molecule has 2 aromatic rings. The molecular formula is C19H21FN2O2S. The van der Waals surface area contributed by atoms with Crippen LogP contribution in [0.4, 0.5) is 4.39 Å². The maximum absolute atomic E-state index is 12.8. The fourth-order valence-electron chi connectivity index (χ4n) is 2.10. The summed E-state index contributed by atoms with van der Waals surface area (Å²) in [4.78, 5) is 24.0. The number of benzene rings is 2. The van der Waals surface area contributed by atoms with Crippen LogP contribution in [-0.2, 0) is 11.3 Å². The van der Waals surface area contributed by atoms with E-state index >= 15 is 0 Å². The largest absolute Gasteiger partial charge is 0.352 e. The molecule has 0 spiro atoms. The zero-order chi connectivity index (χ0) is 18.1. The number of hydrogen-bond acceptors (Lipinski definition) is 3. The molecule has 0 atom stereocenters. The highest BCUT2D eigenvalue weighted by Gasteiger charge is 2.05. The Balaban J connectivity index is 1.67. The topological polar surface area (TPSA) is 58.2 Å². The van der Waals surface area contributed by atoms with Crippen LogP contribution >= 0.6 is 11.8 Å². The van der Waals surface area contributed by atoms with Gasteiger partial charge in [-0.2, -0.15) is 0 Å². The predicted octanol–water partition coefficient (Wildman–Crippen LogP) is 3.37. The summed E-state index contributed by atoms with van der Waals surface area (Å²) in [5.41, 5.74) is 1.54. The van der Waals surface area contributed by atoms with Crippen LogP contribution < -0.4 is 10.6 Å². The Labute approximate surface area is 151 Å². The van der Waals surface area contributed by atoms with E-state index in [-0.39, 0.29) is 17.6 Å². The molecule has 6 heteroatoms. The monoisotopic (exact) mass is 360 g/mol. The molecule has 25 heavy (non-hydrogen) atoms. The van der Waals surface area contributed by atoms with Gasteiger partial charge in [0, 0.05) is 30.5 Å². The number of carbonyl (C=O) groups excluding carboxylic acids is 2. The van der Waals surface area contributed by atoms with Crippen LogP contribution in [0.15, 0.2) is 53.4 Å². The first-order valence-corrected chi connectivity index (χ1v) is 9.03. The quantitative estimate of drug-likeness (QED) is 0.560. The minimum absolute atomic E-state index is 0.0830. The molecule has 0 saturated heterocycles. The summed E-state index contributed by atoms with van der Waals surface area (Å²) in [6.45, 7) is 2.51. The van der Waals surface area contributed by atoms with Crippen molar-refractivity contribution in [2.45, 2.75) is 24.8 Å². The highest BCUT2D eigenvalue weighted by molar-refractivity contribution is 7.99. The van der Waals surface area contributed by atoms with Gasteiger partial charge in [0.1, 0.15) is 5.82 Å². The molecule has 2 N–H and O–H groups in total. The molecule has 0 heterocycles. The number of amides is 2. The average Bonchev–Trinajstić information content (AvgIpc) is 2.61. The smallest absolute Gasteiger partial charge is 0.251 e. The third-order valence-corrected chi connectivity index (χ3v) is 4.54. The number of carbonyl (C=O) groups is 2. The zero-order valence-corrected chi connectivity index (χ0v) is 14.9. The van der Waals surface area contributed by atoms with Gasteiger partial charge in [-0.1, -0.05) is 12.1 Å². The van der Waals surface area contributed by atoms with Crippen molar-refractivity contribution in [1.82, 2.24) is 10.6 Å². The highest BCUT2D eigenvalue weighted by Crippen LogP contribution is 2.18. The Hall–Kier alpha value is -2.34. The van der Waals surface area contributed by atoms with Crippen molar-refractivity contribution in [1.29, 1.82) is 0 Å². The molecule has 0 aliphatic carbocycles. The number of halogens is 1. The van der Waals surface area contributed by atoms with E-state index in [1.807, 2.05) is 12.1 Å². The third-order valence-electron chi connectivity index (χ3n) is 3.45. The molecule has 0 aliphatic heterocycles. The van der Waals surface area contributed by atoms with E-state index in [1.54, 1.807) is 36.0 Å². The van der Waals surface area contributed by atoms with Gasteiger partial charge in [0.2, 0.25) is 5.91 Å². The van der Waals surface area contributed by atoms with Crippen LogP contribution in [0.5, 0.6) is 0 Å². The predicted molar refractivity (Wildman–Crippen MR) is 98.0 cm³/mol. The molecule has 0 radical (unpaired) electrons. The summed E-state index contributed by atoms with van der Waals surface area (Å²) in [5.74, 6) is 0.416. The second kappa shape index (κ2) is 9.84. The molecule has 2 rings (SSSR count). The standard InChI is InChI=1S/C19H21FN2O2S/c1-14(23)22-13-15-3-5-16(6-4-15)19(24)21-11-2-12-25-18-9-7-17(20)8-10-18/h3-10H,2,11-13H2,1H3,(H,21,24)(H,22,23). The Kier molecular flexibility index (Phi) is 7.47. The van der Waals surface area contributed by atoms with E-state index in [1.165, 1.54) is 19.1 Å². The number of nitrogens with one attached hydrogen (secondary N) is 2. The van der Waals surface area contributed by atoms with Crippen LogP contribution in [-0.4, -0.2) is 24.1 Å². The molecular weight excluding hydrogens is 339 g/mol. The first kappa shape index (κ1) is 19.0. The van der Waals surface area contributed by atoms with Crippen molar-refractivity contribution in [2.24, 2.45) is 0 Å². The summed E-state index contributed by atoms with van der Waals surface area (Å²) >= 11 is 1.63. The Morgan fingerprint density at radius 1 is 1.00 bits per heavy atom. The molecule has 2 amide bonds. The van der Waals surface area contributed by atoms with Crippen molar-refractivity contribution in [3.8, 4) is 0 Å². The molecule has 0 bridgehead atoms. The molecule has 0 aliphatic rings. The first-order valence-electron chi connectivity index (χ1n) is 8.04. The molecule has 4 nitrogen and oxygen atoms in total. The fourth-order valence-corrected chi connectivity index (χ4v) is 2.95. The van der Waals surface area contributed by atoms with Gasteiger partial charge in [-0.15, -0.1) is 11.8 Å². The highest BCUT2D eigenvalue weighted by atomic mass is 32.2. The van der Waals surface area contributed by atoms with Crippen molar-refractivity contribution in [3.63, 3.8) is 0 Å². The van der Waals surface area contributed by atoms with Crippen molar-refractivity contribution in [3.05, 3.63) is 65.5 Å². The maximum Gasteiger partial charge on any atom is 0.251 e. The van der Waals surface area contributed by atoms with E-state index in [0.717, 1.165) is 22.6 Å².